The molecule has 0 aliphatic heterocycles. The van der Waals surface area contributed by atoms with E-state index in [1.54, 1.807) is 0 Å². The van der Waals surface area contributed by atoms with Gasteiger partial charge in [0.25, 0.3) is 0 Å². The summed E-state index contributed by atoms with van der Waals surface area (Å²) in [5, 5.41) is 0. The van der Waals surface area contributed by atoms with Gasteiger partial charge >= 0.3 is 0 Å². The zero-order valence-electron chi connectivity index (χ0n) is 20.0. The van der Waals surface area contributed by atoms with E-state index >= 15 is 0 Å². The van der Waals surface area contributed by atoms with E-state index < -0.39 is 50.0 Å². The van der Waals surface area contributed by atoms with Crippen LogP contribution in [0.25, 0.3) is 0 Å². The fraction of sp³-hybridized carbons (Fsp3) is 1.00. The Hall–Kier alpha value is 0. The van der Waals surface area contributed by atoms with Gasteiger partial charge < -0.3 is 0 Å². The second-order valence-electron chi connectivity index (χ2n) is 1.88. The molecule has 10 heavy (non-hydrogen) atoms. The highest BCUT2D eigenvalue weighted by molar-refractivity contribution is 4.66. The smallest absolute Gasteiger partial charge is 0.0303 e. The first-order valence-corrected chi connectivity index (χ1v) is 3.00. The van der Waals surface area contributed by atoms with Gasteiger partial charge in [-0.3, -0.25) is 0 Å². The van der Waals surface area contributed by atoms with E-state index in [0.717, 1.165) is 0 Å². The van der Waals surface area contributed by atoms with E-state index in [1.807, 2.05) is 0 Å². The van der Waals surface area contributed by atoms with Gasteiger partial charge in [0.1, 0.15) is 0 Å². The van der Waals surface area contributed by atoms with Crippen molar-refractivity contribution in [3.05, 3.63) is 0 Å². The largest absolute Gasteiger partial charge is 0.0651 e. The lowest BCUT2D eigenvalue weighted by molar-refractivity contribution is 0.434. The lowest BCUT2D eigenvalue weighted by Crippen LogP contribution is -1.95. The predicted octanol–water partition coefficient (Wildman–Crippen LogP) is 3.61. The SMILES string of the molecule is [2H]C([2H])(C)C1([2H])C([2H])([2H])C([2H])([2H])C([2H])([2H])C([2H])(C)C([2H])([2H])C1([2H])[2H]. The minimum atomic E-state index is -3.81. The van der Waals surface area contributed by atoms with Gasteiger partial charge in [-0.15, -0.1) is 0 Å². The van der Waals surface area contributed by atoms with Crippen LogP contribution in [0.3, 0.4) is 0 Å². The predicted molar refractivity (Wildman–Crippen MR) is 46.0 cm³/mol. The van der Waals surface area contributed by atoms with E-state index in [4.69, 9.17) is 19.2 Å². The molecule has 1 aliphatic carbocycles. The van der Waals surface area contributed by atoms with E-state index in [9.17, 15) is 0 Å². The van der Waals surface area contributed by atoms with Crippen molar-refractivity contribution in [2.45, 2.75) is 52.1 Å². The van der Waals surface area contributed by atoms with Crippen LogP contribution in [0, 0.1) is 11.8 Å². The van der Waals surface area contributed by atoms with Crippen LogP contribution in [-0.2, 0) is 0 Å². The standard InChI is InChI=1S/C10H20/c1-3-10-6-4-5-9(2)7-8-10/h9-10H,3-8H2,1-2H3/i3D2,4D2,5D2,6D2,7D2,8D2,9D,10D. The average molecular weight is 154 g/mol. The lowest BCUT2D eigenvalue weighted by atomic mass is 9.97. The van der Waals surface area contributed by atoms with Gasteiger partial charge in [0.15, 0.2) is 0 Å². The first-order chi connectivity index (χ1) is 10.0. The van der Waals surface area contributed by atoms with Crippen LogP contribution in [-0.4, -0.2) is 0 Å². The molecule has 1 saturated carbocycles. The van der Waals surface area contributed by atoms with Gasteiger partial charge in [-0.25, -0.2) is 0 Å². The average Bonchev–Trinajstić information content (AvgIpc) is 2.34. The number of hydrogen-bond donors (Lipinski definition) is 0. The normalized spacial score (nSPS) is 97.4. The second-order valence-corrected chi connectivity index (χ2v) is 1.88. The highest BCUT2D eigenvalue weighted by Crippen LogP contribution is 2.28. The molecule has 0 aromatic heterocycles. The summed E-state index contributed by atoms with van der Waals surface area (Å²) in [5.74, 6) is -6.85. The highest BCUT2D eigenvalue weighted by Gasteiger charge is 2.13. The summed E-state index contributed by atoms with van der Waals surface area (Å²) in [7, 11) is 0. The molecule has 2 unspecified atom stereocenters. The summed E-state index contributed by atoms with van der Waals surface area (Å²) in [6.45, 7) is 1.21. The Morgan fingerprint density at radius 3 is 3.00 bits per heavy atom. The molecule has 0 bridgehead atoms. The highest BCUT2D eigenvalue weighted by atomic mass is 14.2. The first-order valence-electron chi connectivity index (χ1n) is 10.0. The maximum absolute atomic E-state index is 8.23. The molecule has 0 saturated heterocycles. The Labute approximate surface area is 84.7 Å². The van der Waals surface area contributed by atoms with Crippen LogP contribution in [0.2, 0.25) is 0 Å². The molecule has 1 aliphatic rings. The van der Waals surface area contributed by atoms with Crippen LogP contribution in [0.4, 0.5) is 0 Å². The zero-order valence-corrected chi connectivity index (χ0v) is 6.00. The van der Waals surface area contributed by atoms with Crippen molar-refractivity contribution < 1.29 is 19.2 Å². The van der Waals surface area contributed by atoms with Crippen molar-refractivity contribution in [3.63, 3.8) is 0 Å². The molecule has 0 radical (unpaired) electrons. The summed E-state index contributed by atoms with van der Waals surface area (Å²) in [6, 6.07) is 0. The fourth-order valence-electron chi connectivity index (χ4n) is 0.531. The Morgan fingerprint density at radius 1 is 1.50 bits per heavy atom. The molecule has 0 aromatic carbocycles. The van der Waals surface area contributed by atoms with Crippen LogP contribution < -0.4 is 0 Å². The van der Waals surface area contributed by atoms with E-state index in [2.05, 4.69) is 0 Å². The Bertz CT molecular complexity index is 486. The molecule has 1 rings (SSSR count). The Kier molecular flexibility index (Phi) is 0.562. The molecular weight excluding hydrogens is 120 g/mol. The minimum Gasteiger partial charge on any atom is -0.0651 e. The summed E-state index contributed by atoms with van der Waals surface area (Å²) in [4.78, 5) is 0. The minimum absolute atomic E-state index is 0.593. The third kappa shape index (κ3) is 2.32. The topological polar surface area (TPSA) is 0 Å². The molecule has 0 amide bonds. The summed E-state index contributed by atoms with van der Waals surface area (Å²) in [6.07, 6.45) is -21.6. The molecule has 0 heterocycles. The molecule has 0 aromatic rings. The number of hydrogen-bond acceptors (Lipinski definition) is 0. The Morgan fingerprint density at radius 2 is 2.30 bits per heavy atom. The third-order valence-corrected chi connectivity index (χ3v) is 1.06. The summed E-state index contributed by atoms with van der Waals surface area (Å²) >= 11 is 0. The Balaban J connectivity index is 4.18. The van der Waals surface area contributed by atoms with E-state index in [0.29, 0.717) is 13.8 Å². The van der Waals surface area contributed by atoms with Crippen LogP contribution in [0.5, 0.6) is 0 Å². The summed E-state index contributed by atoms with van der Waals surface area (Å²) < 4.78 is 111. The van der Waals surface area contributed by atoms with Crippen LogP contribution in [0.1, 0.15) is 71.3 Å². The van der Waals surface area contributed by atoms with E-state index in [1.165, 1.54) is 0 Å². The van der Waals surface area contributed by atoms with Crippen molar-refractivity contribution in [2.75, 3.05) is 0 Å². The van der Waals surface area contributed by atoms with Gasteiger partial charge in [-0.1, -0.05) is 52.1 Å². The van der Waals surface area contributed by atoms with Gasteiger partial charge in [-0.2, -0.15) is 0 Å². The molecule has 0 nitrogen and oxygen atoms in total. The first kappa shape index (κ1) is 1.41. The molecular formula is C10H20. The van der Waals surface area contributed by atoms with Crippen molar-refractivity contribution in [2.24, 2.45) is 11.8 Å². The molecule has 2 atom stereocenters. The fourth-order valence-corrected chi connectivity index (χ4v) is 0.531. The lowest BCUT2D eigenvalue weighted by Gasteiger charge is -2.09. The van der Waals surface area contributed by atoms with Crippen molar-refractivity contribution in [1.29, 1.82) is 0 Å². The second kappa shape index (κ2) is 4.00. The molecule has 0 heteroatoms. The van der Waals surface area contributed by atoms with Gasteiger partial charge in [0, 0.05) is 19.2 Å². The monoisotopic (exact) mass is 154 g/mol. The van der Waals surface area contributed by atoms with Crippen molar-refractivity contribution in [3.8, 4) is 0 Å². The van der Waals surface area contributed by atoms with Crippen LogP contribution >= 0.6 is 0 Å². The van der Waals surface area contributed by atoms with Gasteiger partial charge in [0.05, 0.1) is 0 Å². The third-order valence-electron chi connectivity index (χ3n) is 1.06. The van der Waals surface area contributed by atoms with Crippen molar-refractivity contribution >= 4 is 0 Å². The quantitative estimate of drug-likeness (QED) is 0.506. The van der Waals surface area contributed by atoms with Gasteiger partial charge in [0.2, 0.25) is 0 Å². The summed E-state index contributed by atoms with van der Waals surface area (Å²) in [5.41, 5.74) is 0. The molecule has 0 spiro atoms. The maximum atomic E-state index is 8.23. The molecule has 60 valence electrons. The molecule has 1 fully saturated rings. The zero-order chi connectivity index (χ0) is 20.0. The molecule has 0 N–H and O–H groups in total. The number of rotatable bonds is 1. The van der Waals surface area contributed by atoms with Crippen LogP contribution in [0.15, 0.2) is 0 Å². The van der Waals surface area contributed by atoms with Gasteiger partial charge in [-0.05, 0) is 11.8 Å². The van der Waals surface area contributed by atoms with Crippen molar-refractivity contribution in [1.82, 2.24) is 0 Å². The van der Waals surface area contributed by atoms with E-state index in [-0.39, 0.29) is 0 Å². The maximum Gasteiger partial charge on any atom is 0.0303 e.